The minimum absolute atomic E-state index is 0.248. The average molecular weight is 363 g/mol. The Hall–Kier alpha value is -3.13. The number of furan rings is 1. The zero-order chi connectivity index (χ0) is 18.4. The number of aromatic amines is 1. The van der Waals surface area contributed by atoms with E-state index in [1.165, 1.54) is 0 Å². The lowest BCUT2D eigenvalue weighted by atomic mass is 10.2. The van der Waals surface area contributed by atoms with Gasteiger partial charge in [0, 0.05) is 34.9 Å². The highest BCUT2D eigenvalue weighted by Gasteiger charge is 2.23. The first-order valence-electron chi connectivity index (χ1n) is 9.15. The van der Waals surface area contributed by atoms with E-state index < -0.39 is 0 Å². The van der Waals surface area contributed by atoms with Gasteiger partial charge >= 0.3 is 0 Å². The number of benzene rings is 1. The van der Waals surface area contributed by atoms with E-state index in [1.807, 2.05) is 31.2 Å². The molecular formula is C19H21N7O. The van der Waals surface area contributed by atoms with Crippen molar-refractivity contribution < 1.29 is 4.42 Å². The van der Waals surface area contributed by atoms with Gasteiger partial charge in [0.25, 0.3) is 0 Å². The van der Waals surface area contributed by atoms with Crippen LogP contribution in [0.15, 0.2) is 34.9 Å². The Morgan fingerprint density at radius 2 is 2.11 bits per heavy atom. The van der Waals surface area contributed by atoms with Gasteiger partial charge in [-0.3, -0.25) is 5.10 Å². The molecule has 138 valence electrons. The van der Waals surface area contributed by atoms with Crippen LogP contribution in [0.1, 0.15) is 25.0 Å². The Labute approximate surface area is 155 Å². The second kappa shape index (κ2) is 6.24. The van der Waals surface area contributed by atoms with Gasteiger partial charge in [-0.2, -0.15) is 10.1 Å². The molecule has 8 heteroatoms. The lowest BCUT2D eigenvalue weighted by molar-refractivity contribution is 0.612. The van der Waals surface area contributed by atoms with Crippen molar-refractivity contribution in [1.82, 2.24) is 20.2 Å². The van der Waals surface area contributed by atoms with Crippen molar-refractivity contribution in [2.45, 2.75) is 38.3 Å². The fourth-order valence-corrected chi connectivity index (χ4v) is 3.71. The quantitative estimate of drug-likeness (QED) is 0.438. The highest BCUT2D eigenvalue weighted by molar-refractivity contribution is 5.87. The second-order valence-corrected chi connectivity index (χ2v) is 7.15. The third kappa shape index (κ3) is 2.97. The minimum atomic E-state index is 0.248. The number of nitrogens with two attached hydrogens (primary N) is 1. The molecule has 1 aliphatic rings. The summed E-state index contributed by atoms with van der Waals surface area (Å²) >= 11 is 0. The Kier molecular flexibility index (Phi) is 3.71. The normalized spacial score (nSPS) is 19.8. The molecule has 27 heavy (non-hydrogen) atoms. The third-order valence-corrected chi connectivity index (χ3v) is 5.12. The fraction of sp³-hybridized carbons (Fsp3) is 0.316. The summed E-state index contributed by atoms with van der Waals surface area (Å²) in [6, 6.07) is 8.40. The molecule has 3 aromatic heterocycles. The zero-order valence-electron chi connectivity index (χ0n) is 15.0. The SMILES string of the molecule is Cc1[nH]nc2cc(Nc3nc(N[C@H]4CC[C@@H](N)C4)c4occc4n3)ccc12. The Balaban J connectivity index is 1.46. The van der Waals surface area contributed by atoms with E-state index in [2.05, 4.69) is 30.8 Å². The van der Waals surface area contributed by atoms with Crippen molar-refractivity contribution >= 4 is 39.5 Å². The molecule has 8 nitrogen and oxygen atoms in total. The second-order valence-electron chi connectivity index (χ2n) is 7.15. The van der Waals surface area contributed by atoms with E-state index >= 15 is 0 Å². The highest BCUT2D eigenvalue weighted by Crippen LogP contribution is 2.29. The first-order chi connectivity index (χ1) is 13.2. The summed E-state index contributed by atoms with van der Waals surface area (Å²) in [5.41, 5.74) is 10.3. The molecular weight excluding hydrogens is 342 g/mol. The minimum Gasteiger partial charge on any atom is -0.459 e. The van der Waals surface area contributed by atoms with Crippen LogP contribution < -0.4 is 16.4 Å². The molecule has 5 N–H and O–H groups in total. The van der Waals surface area contributed by atoms with Gasteiger partial charge < -0.3 is 20.8 Å². The first kappa shape index (κ1) is 16.1. The molecule has 5 rings (SSSR count). The van der Waals surface area contributed by atoms with Crippen molar-refractivity contribution in [3.05, 3.63) is 36.2 Å². The molecule has 0 amide bonds. The average Bonchev–Trinajstić information content (AvgIpc) is 3.36. The smallest absolute Gasteiger partial charge is 0.229 e. The van der Waals surface area contributed by atoms with Gasteiger partial charge in [0.2, 0.25) is 5.95 Å². The van der Waals surface area contributed by atoms with E-state index in [1.54, 1.807) is 6.26 Å². The predicted octanol–water partition coefficient (Wildman–Crippen LogP) is 3.44. The first-order valence-corrected chi connectivity index (χ1v) is 9.15. The molecule has 1 saturated carbocycles. The maximum absolute atomic E-state index is 6.03. The predicted molar refractivity (Wildman–Crippen MR) is 105 cm³/mol. The Bertz CT molecular complexity index is 1120. The van der Waals surface area contributed by atoms with Gasteiger partial charge in [-0.1, -0.05) is 0 Å². The van der Waals surface area contributed by atoms with Gasteiger partial charge in [0.05, 0.1) is 11.8 Å². The molecule has 0 radical (unpaired) electrons. The van der Waals surface area contributed by atoms with Crippen molar-refractivity contribution in [2.75, 3.05) is 10.6 Å². The molecule has 1 fully saturated rings. The highest BCUT2D eigenvalue weighted by atomic mass is 16.3. The summed E-state index contributed by atoms with van der Waals surface area (Å²) in [6.45, 7) is 2.01. The summed E-state index contributed by atoms with van der Waals surface area (Å²) < 4.78 is 5.59. The Morgan fingerprint density at radius 3 is 2.96 bits per heavy atom. The van der Waals surface area contributed by atoms with E-state index in [-0.39, 0.29) is 6.04 Å². The number of fused-ring (bicyclic) bond motifs is 2. The topological polar surface area (TPSA) is 118 Å². The number of rotatable bonds is 4. The van der Waals surface area contributed by atoms with E-state index in [9.17, 15) is 0 Å². The number of nitrogens with one attached hydrogen (secondary N) is 3. The van der Waals surface area contributed by atoms with Crippen LogP contribution in [0.4, 0.5) is 17.5 Å². The third-order valence-electron chi connectivity index (χ3n) is 5.12. The number of H-pyrrole nitrogens is 1. The largest absolute Gasteiger partial charge is 0.459 e. The molecule has 4 aromatic rings. The summed E-state index contributed by atoms with van der Waals surface area (Å²) in [7, 11) is 0. The van der Waals surface area contributed by atoms with Crippen LogP contribution in [-0.4, -0.2) is 32.2 Å². The fourth-order valence-electron chi connectivity index (χ4n) is 3.71. The van der Waals surface area contributed by atoms with Gasteiger partial charge in [0.1, 0.15) is 5.52 Å². The molecule has 2 atom stereocenters. The molecule has 0 saturated heterocycles. The van der Waals surface area contributed by atoms with Crippen molar-refractivity contribution in [3.63, 3.8) is 0 Å². The zero-order valence-corrected chi connectivity index (χ0v) is 15.0. The number of hydrogen-bond acceptors (Lipinski definition) is 7. The number of nitrogens with zero attached hydrogens (tertiary/aromatic N) is 3. The number of aryl methyl sites for hydroxylation is 1. The molecule has 0 unspecified atom stereocenters. The summed E-state index contributed by atoms with van der Waals surface area (Å²) in [6.07, 6.45) is 4.63. The maximum Gasteiger partial charge on any atom is 0.229 e. The van der Waals surface area contributed by atoms with E-state index in [0.29, 0.717) is 23.4 Å². The van der Waals surface area contributed by atoms with Crippen molar-refractivity contribution in [1.29, 1.82) is 0 Å². The lowest BCUT2D eigenvalue weighted by Crippen LogP contribution is -2.21. The summed E-state index contributed by atoms with van der Waals surface area (Å²) in [5, 5.41) is 15.2. The van der Waals surface area contributed by atoms with Crippen molar-refractivity contribution in [2.24, 2.45) is 5.73 Å². The molecule has 3 heterocycles. The van der Waals surface area contributed by atoms with Crippen LogP contribution in [0.2, 0.25) is 0 Å². The molecule has 0 bridgehead atoms. The number of anilines is 3. The van der Waals surface area contributed by atoms with Gasteiger partial charge in [-0.25, -0.2) is 4.98 Å². The Morgan fingerprint density at radius 1 is 1.19 bits per heavy atom. The monoisotopic (exact) mass is 363 g/mol. The van der Waals surface area contributed by atoms with E-state index in [0.717, 1.165) is 47.1 Å². The molecule has 1 aliphatic carbocycles. The number of hydrogen-bond donors (Lipinski definition) is 4. The summed E-state index contributed by atoms with van der Waals surface area (Å²) in [4.78, 5) is 9.20. The van der Waals surface area contributed by atoms with Crippen LogP contribution >= 0.6 is 0 Å². The van der Waals surface area contributed by atoms with Crippen molar-refractivity contribution in [3.8, 4) is 0 Å². The number of aromatic nitrogens is 4. The van der Waals surface area contributed by atoms with Gasteiger partial charge in [-0.05, 0) is 44.4 Å². The van der Waals surface area contributed by atoms with Crippen LogP contribution in [0.3, 0.4) is 0 Å². The lowest BCUT2D eigenvalue weighted by Gasteiger charge is -2.14. The van der Waals surface area contributed by atoms with Crippen LogP contribution in [0.25, 0.3) is 22.0 Å². The molecule has 0 spiro atoms. The van der Waals surface area contributed by atoms with Crippen LogP contribution in [0, 0.1) is 6.92 Å². The van der Waals surface area contributed by atoms with E-state index in [4.69, 9.17) is 10.2 Å². The molecule has 1 aromatic carbocycles. The standard InChI is InChI=1S/C19H21N7O/c1-10-14-5-4-13(9-16(14)26-25-10)22-19-23-15-6-7-27-17(15)18(24-19)21-12-3-2-11(20)8-12/h4-7,9,11-12H,2-3,8,20H2,1H3,(H,25,26)(H2,21,22,23,24)/t11-,12+/m1/s1. The maximum atomic E-state index is 6.03. The van der Waals surface area contributed by atoms with Crippen LogP contribution in [-0.2, 0) is 0 Å². The summed E-state index contributed by atoms with van der Waals surface area (Å²) in [5.74, 6) is 1.21. The van der Waals surface area contributed by atoms with Gasteiger partial charge in [-0.15, -0.1) is 0 Å². The van der Waals surface area contributed by atoms with Gasteiger partial charge in [0.15, 0.2) is 11.4 Å². The van der Waals surface area contributed by atoms with Crippen LogP contribution in [0.5, 0.6) is 0 Å². The molecule has 0 aliphatic heterocycles.